The van der Waals surface area contributed by atoms with Gasteiger partial charge in [0.2, 0.25) is 0 Å². The third-order valence-corrected chi connectivity index (χ3v) is 3.35. The van der Waals surface area contributed by atoms with Crippen LogP contribution in [0.2, 0.25) is 0 Å². The molecule has 0 heterocycles. The third kappa shape index (κ3) is 4.50. The Hall–Kier alpha value is -3.49. The zero-order valence-electron chi connectivity index (χ0n) is 13.5. The summed E-state index contributed by atoms with van der Waals surface area (Å²) < 4.78 is 5.02. The maximum absolute atomic E-state index is 11.2. The monoisotopic (exact) mass is 345 g/mol. The molecule has 2 rings (SSSR count). The normalized spacial score (nSPS) is 11.4. The molecule has 0 fully saturated rings. The summed E-state index contributed by atoms with van der Waals surface area (Å²) in [6.07, 6.45) is -0.815. The molecule has 0 saturated carbocycles. The molecule has 2 aromatic rings. The summed E-state index contributed by atoms with van der Waals surface area (Å²) in [5.41, 5.74) is 0.878. The Morgan fingerprint density at radius 1 is 1.08 bits per heavy atom. The molecule has 0 aliphatic heterocycles. The molecule has 0 bridgehead atoms. The van der Waals surface area contributed by atoms with Gasteiger partial charge < -0.3 is 10.1 Å². The van der Waals surface area contributed by atoms with Gasteiger partial charge in [0.15, 0.2) is 0 Å². The number of nitrogens with one attached hydrogen (secondary N) is 1. The number of anilines is 2. The van der Waals surface area contributed by atoms with Crippen molar-refractivity contribution in [2.75, 3.05) is 5.32 Å². The van der Waals surface area contributed by atoms with E-state index in [0.29, 0.717) is 11.4 Å². The highest BCUT2D eigenvalue weighted by molar-refractivity contribution is 5.68. The van der Waals surface area contributed by atoms with Crippen molar-refractivity contribution in [2.45, 2.75) is 20.0 Å². The Labute approximate surface area is 142 Å². The maximum Gasteiger partial charge on any atom is 0.303 e. The lowest BCUT2D eigenvalue weighted by atomic mass is 10.1. The zero-order chi connectivity index (χ0) is 18.6. The molecule has 0 aliphatic rings. The van der Waals surface area contributed by atoms with Crippen LogP contribution < -0.4 is 5.32 Å². The lowest BCUT2D eigenvalue weighted by Gasteiger charge is -2.14. The highest BCUT2D eigenvalue weighted by Gasteiger charge is 2.21. The number of hydrogen-bond donors (Lipinski definition) is 1. The number of rotatable bonds is 6. The van der Waals surface area contributed by atoms with Crippen LogP contribution in [-0.2, 0) is 9.53 Å². The van der Waals surface area contributed by atoms with Crippen molar-refractivity contribution in [3.8, 4) is 0 Å². The number of esters is 1. The van der Waals surface area contributed by atoms with E-state index in [9.17, 15) is 25.0 Å². The molecule has 1 atom stereocenters. The molecule has 0 amide bonds. The SMILES string of the molecule is CC(=O)OC(C)c1cc(Nc2cccc([N+](=O)[O-])c2)ccc1[N+](=O)[O-]. The van der Waals surface area contributed by atoms with E-state index in [1.807, 2.05) is 0 Å². The van der Waals surface area contributed by atoms with Crippen molar-refractivity contribution in [3.63, 3.8) is 0 Å². The smallest absolute Gasteiger partial charge is 0.303 e. The maximum atomic E-state index is 11.2. The average Bonchev–Trinajstić information content (AvgIpc) is 2.54. The van der Waals surface area contributed by atoms with E-state index in [4.69, 9.17) is 4.74 Å². The largest absolute Gasteiger partial charge is 0.458 e. The van der Waals surface area contributed by atoms with Crippen LogP contribution in [0.15, 0.2) is 42.5 Å². The summed E-state index contributed by atoms with van der Waals surface area (Å²) in [4.78, 5) is 32.0. The summed E-state index contributed by atoms with van der Waals surface area (Å²) in [6.45, 7) is 2.74. The van der Waals surface area contributed by atoms with Crippen LogP contribution in [-0.4, -0.2) is 15.8 Å². The molecule has 1 unspecified atom stereocenters. The van der Waals surface area contributed by atoms with Gasteiger partial charge in [0.1, 0.15) is 6.10 Å². The molecule has 130 valence electrons. The number of nitro groups is 2. The second kappa shape index (κ2) is 7.39. The van der Waals surface area contributed by atoms with Gasteiger partial charge in [0.05, 0.1) is 15.4 Å². The van der Waals surface area contributed by atoms with Gasteiger partial charge in [-0.1, -0.05) is 6.07 Å². The van der Waals surface area contributed by atoms with Gasteiger partial charge in [-0.15, -0.1) is 0 Å². The molecule has 0 saturated heterocycles. The number of benzene rings is 2. The Balaban J connectivity index is 2.36. The van der Waals surface area contributed by atoms with Crippen molar-refractivity contribution >= 4 is 28.7 Å². The third-order valence-electron chi connectivity index (χ3n) is 3.35. The summed E-state index contributed by atoms with van der Waals surface area (Å²) in [6, 6.07) is 10.1. The van der Waals surface area contributed by atoms with Crippen molar-refractivity contribution in [3.05, 3.63) is 68.3 Å². The Morgan fingerprint density at radius 2 is 1.76 bits per heavy atom. The number of carbonyl (C=O) groups is 1. The fourth-order valence-corrected chi connectivity index (χ4v) is 2.30. The van der Waals surface area contributed by atoms with E-state index in [1.165, 1.54) is 50.2 Å². The fourth-order valence-electron chi connectivity index (χ4n) is 2.30. The highest BCUT2D eigenvalue weighted by atomic mass is 16.6. The number of nitro benzene ring substituents is 2. The van der Waals surface area contributed by atoms with Crippen molar-refractivity contribution < 1.29 is 19.4 Å². The predicted octanol–water partition coefficient (Wildman–Crippen LogP) is 3.87. The van der Waals surface area contributed by atoms with E-state index in [1.54, 1.807) is 6.07 Å². The lowest BCUT2D eigenvalue weighted by molar-refractivity contribution is -0.386. The quantitative estimate of drug-likeness (QED) is 0.478. The first-order chi connectivity index (χ1) is 11.8. The molecule has 9 nitrogen and oxygen atoms in total. The zero-order valence-corrected chi connectivity index (χ0v) is 13.5. The minimum absolute atomic E-state index is 0.0829. The van der Waals surface area contributed by atoms with E-state index in [0.717, 1.165) is 0 Å². The van der Waals surface area contributed by atoms with Gasteiger partial charge >= 0.3 is 5.97 Å². The fraction of sp³-hybridized carbons (Fsp3) is 0.188. The van der Waals surface area contributed by atoms with Crippen LogP contribution in [0.3, 0.4) is 0 Å². The van der Waals surface area contributed by atoms with E-state index < -0.39 is 21.9 Å². The van der Waals surface area contributed by atoms with Crippen LogP contribution in [0.25, 0.3) is 0 Å². The van der Waals surface area contributed by atoms with Crippen molar-refractivity contribution in [1.29, 1.82) is 0 Å². The van der Waals surface area contributed by atoms with Gasteiger partial charge in [-0.2, -0.15) is 0 Å². The summed E-state index contributed by atoms with van der Waals surface area (Å²) in [5, 5.41) is 24.9. The van der Waals surface area contributed by atoms with E-state index >= 15 is 0 Å². The Kier molecular flexibility index (Phi) is 5.28. The lowest BCUT2D eigenvalue weighted by Crippen LogP contribution is -2.08. The number of ether oxygens (including phenoxy) is 1. The first-order valence-electron chi connectivity index (χ1n) is 7.25. The summed E-state index contributed by atoms with van der Waals surface area (Å²) in [7, 11) is 0. The van der Waals surface area contributed by atoms with Crippen LogP contribution in [0.1, 0.15) is 25.5 Å². The molecule has 0 aromatic heterocycles. The molecule has 0 spiro atoms. The molecule has 9 heteroatoms. The highest BCUT2D eigenvalue weighted by Crippen LogP contribution is 2.31. The van der Waals surface area contributed by atoms with Crippen LogP contribution in [0.5, 0.6) is 0 Å². The molecule has 0 radical (unpaired) electrons. The van der Waals surface area contributed by atoms with Gasteiger partial charge in [-0.05, 0) is 25.1 Å². The molecule has 2 aromatic carbocycles. The van der Waals surface area contributed by atoms with E-state index in [2.05, 4.69) is 5.32 Å². The number of carbonyl (C=O) groups excluding carboxylic acids is 1. The average molecular weight is 345 g/mol. The first-order valence-corrected chi connectivity index (χ1v) is 7.25. The van der Waals surface area contributed by atoms with Crippen molar-refractivity contribution in [1.82, 2.24) is 0 Å². The molecule has 0 aliphatic carbocycles. The predicted molar refractivity (Wildman–Crippen MR) is 89.7 cm³/mol. The van der Waals surface area contributed by atoms with Crippen LogP contribution in [0.4, 0.5) is 22.7 Å². The van der Waals surface area contributed by atoms with Gasteiger partial charge in [0.25, 0.3) is 11.4 Å². The second-order valence-electron chi connectivity index (χ2n) is 5.21. The minimum atomic E-state index is -0.815. The molecule has 1 N–H and O–H groups in total. The molecular weight excluding hydrogens is 330 g/mol. The number of hydrogen-bond acceptors (Lipinski definition) is 7. The first kappa shape index (κ1) is 17.9. The van der Waals surface area contributed by atoms with Crippen LogP contribution in [0, 0.1) is 20.2 Å². The number of non-ortho nitro benzene ring substituents is 1. The summed E-state index contributed by atoms with van der Waals surface area (Å²) >= 11 is 0. The van der Waals surface area contributed by atoms with E-state index in [-0.39, 0.29) is 16.9 Å². The van der Waals surface area contributed by atoms with Crippen LogP contribution >= 0.6 is 0 Å². The van der Waals surface area contributed by atoms with Crippen molar-refractivity contribution in [2.24, 2.45) is 0 Å². The minimum Gasteiger partial charge on any atom is -0.458 e. The second-order valence-corrected chi connectivity index (χ2v) is 5.21. The molecule has 25 heavy (non-hydrogen) atoms. The Bertz CT molecular complexity index is 836. The number of nitrogens with zero attached hydrogens (tertiary/aromatic N) is 2. The molecular formula is C16H15N3O6. The Morgan fingerprint density at radius 3 is 2.36 bits per heavy atom. The topological polar surface area (TPSA) is 125 Å². The van der Waals surface area contributed by atoms with Gasteiger partial charge in [-0.3, -0.25) is 25.0 Å². The van der Waals surface area contributed by atoms with Gasteiger partial charge in [-0.25, -0.2) is 0 Å². The standard InChI is InChI=1S/C16H15N3O6/c1-10(25-11(2)20)15-9-13(6-7-16(15)19(23)24)17-12-4-3-5-14(8-12)18(21)22/h3-10,17H,1-2H3. The summed E-state index contributed by atoms with van der Waals surface area (Å²) in [5.74, 6) is -0.557. The van der Waals surface area contributed by atoms with Gasteiger partial charge in [0, 0.05) is 36.5 Å².